The summed E-state index contributed by atoms with van der Waals surface area (Å²) >= 11 is 0. The Kier molecular flexibility index (Phi) is 5.62. The molecule has 1 N–H and O–H groups in total. The van der Waals surface area contributed by atoms with E-state index in [0.717, 1.165) is 19.6 Å². The maximum atomic E-state index is 3.57. The highest BCUT2D eigenvalue weighted by atomic mass is 15.1. The fraction of sp³-hybridized carbons (Fsp3) is 0.667. The van der Waals surface area contributed by atoms with Gasteiger partial charge in [0.2, 0.25) is 0 Å². The Morgan fingerprint density at radius 2 is 1.95 bits per heavy atom. The summed E-state index contributed by atoms with van der Waals surface area (Å²) in [6, 6.07) is 8.95. The SMILES string of the molecule is CCCNCC(C)(C)CN1CCCc2ccccc2C1. The molecule has 2 heteroatoms. The van der Waals surface area contributed by atoms with Crippen molar-refractivity contribution < 1.29 is 0 Å². The number of hydrogen-bond acceptors (Lipinski definition) is 2. The molecule has 112 valence electrons. The van der Waals surface area contributed by atoms with E-state index in [1.165, 1.54) is 37.9 Å². The van der Waals surface area contributed by atoms with E-state index in [0.29, 0.717) is 5.41 Å². The number of aryl methyl sites for hydroxylation is 1. The van der Waals surface area contributed by atoms with E-state index in [-0.39, 0.29) is 0 Å². The smallest absolute Gasteiger partial charge is 0.0236 e. The van der Waals surface area contributed by atoms with Crippen LogP contribution in [0.5, 0.6) is 0 Å². The van der Waals surface area contributed by atoms with Gasteiger partial charge < -0.3 is 5.32 Å². The van der Waals surface area contributed by atoms with Crippen LogP contribution in [0.1, 0.15) is 44.7 Å². The Hall–Kier alpha value is -0.860. The average molecular weight is 274 g/mol. The van der Waals surface area contributed by atoms with Gasteiger partial charge in [-0.2, -0.15) is 0 Å². The van der Waals surface area contributed by atoms with Crippen molar-refractivity contribution in [2.45, 2.75) is 46.6 Å². The highest BCUT2D eigenvalue weighted by Crippen LogP contribution is 2.22. The number of fused-ring (bicyclic) bond motifs is 1. The van der Waals surface area contributed by atoms with Crippen molar-refractivity contribution in [3.05, 3.63) is 35.4 Å². The average Bonchev–Trinajstić information content (AvgIpc) is 2.59. The van der Waals surface area contributed by atoms with Crippen LogP contribution >= 0.6 is 0 Å². The Labute approximate surface area is 124 Å². The molecule has 0 bridgehead atoms. The van der Waals surface area contributed by atoms with Crippen molar-refractivity contribution >= 4 is 0 Å². The molecule has 0 saturated carbocycles. The van der Waals surface area contributed by atoms with Crippen LogP contribution in [-0.4, -0.2) is 31.1 Å². The number of rotatable bonds is 6. The Bertz CT molecular complexity index is 412. The van der Waals surface area contributed by atoms with E-state index in [4.69, 9.17) is 0 Å². The topological polar surface area (TPSA) is 15.3 Å². The van der Waals surface area contributed by atoms with Crippen molar-refractivity contribution in [3.8, 4) is 0 Å². The quantitative estimate of drug-likeness (QED) is 0.799. The first-order valence-corrected chi connectivity index (χ1v) is 8.10. The zero-order chi connectivity index (χ0) is 14.4. The van der Waals surface area contributed by atoms with Crippen LogP contribution in [0.2, 0.25) is 0 Å². The van der Waals surface area contributed by atoms with Gasteiger partial charge in [0.05, 0.1) is 0 Å². The Balaban J connectivity index is 1.93. The molecule has 20 heavy (non-hydrogen) atoms. The van der Waals surface area contributed by atoms with E-state index in [2.05, 4.69) is 55.3 Å². The molecule has 2 rings (SSSR count). The van der Waals surface area contributed by atoms with Gasteiger partial charge in [-0.1, -0.05) is 45.0 Å². The Morgan fingerprint density at radius 1 is 1.20 bits per heavy atom. The molecular formula is C18H30N2. The van der Waals surface area contributed by atoms with Gasteiger partial charge in [-0.05, 0) is 48.9 Å². The first kappa shape index (κ1) is 15.5. The summed E-state index contributed by atoms with van der Waals surface area (Å²) < 4.78 is 0. The lowest BCUT2D eigenvalue weighted by atomic mass is 9.92. The van der Waals surface area contributed by atoms with Crippen LogP contribution in [0.25, 0.3) is 0 Å². The molecule has 0 aromatic heterocycles. The van der Waals surface area contributed by atoms with Gasteiger partial charge in [0.25, 0.3) is 0 Å². The first-order valence-electron chi connectivity index (χ1n) is 8.10. The molecule has 0 aliphatic carbocycles. The van der Waals surface area contributed by atoms with Crippen molar-refractivity contribution in [2.24, 2.45) is 5.41 Å². The van der Waals surface area contributed by atoms with Crippen molar-refractivity contribution in [3.63, 3.8) is 0 Å². The largest absolute Gasteiger partial charge is 0.316 e. The number of nitrogens with zero attached hydrogens (tertiary/aromatic N) is 1. The summed E-state index contributed by atoms with van der Waals surface area (Å²) in [5, 5.41) is 3.57. The van der Waals surface area contributed by atoms with Crippen LogP contribution in [0, 0.1) is 5.41 Å². The minimum atomic E-state index is 0.342. The molecular weight excluding hydrogens is 244 g/mol. The van der Waals surface area contributed by atoms with E-state index < -0.39 is 0 Å². The van der Waals surface area contributed by atoms with Gasteiger partial charge in [0.15, 0.2) is 0 Å². The number of hydrogen-bond donors (Lipinski definition) is 1. The molecule has 2 nitrogen and oxygen atoms in total. The lowest BCUT2D eigenvalue weighted by Crippen LogP contribution is -2.40. The second-order valence-corrected chi connectivity index (χ2v) is 6.92. The van der Waals surface area contributed by atoms with Gasteiger partial charge in [0, 0.05) is 19.6 Å². The third-order valence-corrected chi connectivity index (χ3v) is 4.11. The molecule has 0 radical (unpaired) electrons. The van der Waals surface area contributed by atoms with Crippen LogP contribution in [-0.2, 0) is 13.0 Å². The van der Waals surface area contributed by atoms with Gasteiger partial charge in [-0.25, -0.2) is 0 Å². The van der Waals surface area contributed by atoms with Gasteiger partial charge in [-0.15, -0.1) is 0 Å². The minimum absolute atomic E-state index is 0.342. The third-order valence-electron chi connectivity index (χ3n) is 4.11. The minimum Gasteiger partial charge on any atom is -0.316 e. The van der Waals surface area contributed by atoms with E-state index in [1.807, 2.05) is 0 Å². The molecule has 0 saturated heterocycles. The van der Waals surface area contributed by atoms with Gasteiger partial charge in [0.1, 0.15) is 0 Å². The summed E-state index contributed by atoms with van der Waals surface area (Å²) in [5.74, 6) is 0. The predicted octanol–water partition coefficient (Wildman–Crippen LogP) is 3.46. The molecule has 1 aliphatic heterocycles. The number of benzene rings is 1. The van der Waals surface area contributed by atoms with Crippen molar-refractivity contribution in [1.29, 1.82) is 0 Å². The summed E-state index contributed by atoms with van der Waals surface area (Å²) in [6.07, 6.45) is 3.74. The molecule has 0 unspecified atom stereocenters. The van der Waals surface area contributed by atoms with Crippen LogP contribution in [0.3, 0.4) is 0 Å². The standard InChI is InChI=1S/C18H30N2/c1-4-11-19-14-18(2,3)15-20-12-7-10-16-8-5-6-9-17(16)13-20/h5-6,8-9,19H,4,7,10-15H2,1-3H3. The molecule has 1 heterocycles. The maximum Gasteiger partial charge on any atom is 0.0236 e. The zero-order valence-corrected chi connectivity index (χ0v) is 13.4. The zero-order valence-electron chi connectivity index (χ0n) is 13.4. The fourth-order valence-corrected chi connectivity index (χ4v) is 3.17. The number of nitrogens with one attached hydrogen (secondary N) is 1. The molecule has 1 aromatic carbocycles. The van der Waals surface area contributed by atoms with Crippen molar-refractivity contribution in [1.82, 2.24) is 10.2 Å². The maximum absolute atomic E-state index is 3.57. The normalized spacial score (nSPS) is 16.8. The summed E-state index contributed by atoms with van der Waals surface area (Å²) in [4.78, 5) is 2.64. The molecule has 0 fully saturated rings. The van der Waals surface area contributed by atoms with E-state index in [9.17, 15) is 0 Å². The van der Waals surface area contributed by atoms with Crippen LogP contribution in [0.4, 0.5) is 0 Å². The van der Waals surface area contributed by atoms with Crippen LogP contribution in [0.15, 0.2) is 24.3 Å². The van der Waals surface area contributed by atoms with Gasteiger partial charge >= 0.3 is 0 Å². The molecule has 0 atom stereocenters. The first-order chi connectivity index (χ1) is 9.61. The van der Waals surface area contributed by atoms with E-state index >= 15 is 0 Å². The summed E-state index contributed by atoms with van der Waals surface area (Å²) in [7, 11) is 0. The third kappa shape index (κ3) is 4.60. The van der Waals surface area contributed by atoms with Crippen LogP contribution < -0.4 is 5.32 Å². The van der Waals surface area contributed by atoms with E-state index in [1.54, 1.807) is 5.56 Å². The molecule has 1 aromatic rings. The highest BCUT2D eigenvalue weighted by molar-refractivity contribution is 5.28. The Morgan fingerprint density at radius 3 is 2.70 bits per heavy atom. The lowest BCUT2D eigenvalue weighted by molar-refractivity contribution is 0.169. The second-order valence-electron chi connectivity index (χ2n) is 6.92. The molecule has 0 amide bonds. The van der Waals surface area contributed by atoms with Gasteiger partial charge in [-0.3, -0.25) is 4.90 Å². The lowest BCUT2D eigenvalue weighted by Gasteiger charge is -2.32. The van der Waals surface area contributed by atoms with Crippen molar-refractivity contribution in [2.75, 3.05) is 26.2 Å². The monoisotopic (exact) mass is 274 g/mol. The second kappa shape index (κ2) is 7.24. The fourth-order valence-electron chi connectivity index (χ4n) is 3.17. The molecule has 1 aliphatic rings. The predicted molar refractivity (Wildman–Crippen MR) is 87.0 cm³/mol. The highest BCUT2D eigenvalue weighted by Gasteiger charge is 2.23. The summed E-state index contributed by atoms with van der Waals surface area (Å²) in [6.45, 7) is 12.8. The molecule has 0 spiro atoms. The summed E-state index contributed by atoms with van der Waals surface area (Å²) in [5.41, 5.74) is 3.42.